The lowest BCUT2D eigenvalue weighted by Crippen LogP contribution is -2.10. The molecule has 3 rings (SSSR count). The van der Waals surface area contributed by atoms with Crippen LogP contribution in [0.2, 0.25) is 5.02 Å². The van der Waals surface area contributed by atoms with Crippen molar-refractivity contribution in [2.45, 2.75) is 26.4 Å². The lowest BCUT2D eigenvalue weighted by atomic mass is 10.0. The quantitative estimate of drug-likeness (QED) is 0.536. The van der Waals surface area contributed by atoms with Gasteiger partial charge < -0.3 is 10.1 Å². The van der Waals surface area contributed by atoms with Gasteiger partial charge in [0.2, 0.25) is 0 Å². The van der Waals surface area contributed by atoms with Crippen LogP contribution in [0.25, 0.3) is 0 Å². The highest BCUT2D eigenvalue weighted by atomic mass is 35.5. The van der Waals surface area contributed by atoms with Gasteiger partial charge in [0.25, 0.3) is 5.91 Å². The van der Waals surface area contributed by atoms with E-state index in [4.69, 9.17) is 16.3 Å². The Bertz CT molecular complexity index is 887. The van der Waals surface area contributed by atoms with Crippen LogP contribution in [-0.4, -0.2) is 5.91 Å². The topological polar surface area (TPSA) is 38.3 Å². The van der Waals surface area contributed by atoms with Crippen LogP contribution in [0.3, 0.4) is 0 Å². The van der Waals surface area contributed by atoms with Gasteiger partial charge >= 0.3 is 0 Å². The Balaban J connectivity index is 1.58. The van der Waals surface area contributed by atoms with Gasteiger partial charge in [0.1, 0.15) is 12.4 Å². The van der Waals surface area contributed by atoms with E-state index in [-0.39, 0.29) is 5.91 Å². The van der Waals surface area contributed by atoms with Gasteiger partial charge in [0.05, 0.1) is 4.88 Å². The molecule has 134 valence electrons. The third-order valence-corrected chi connectivity index (χ3v) is 5.13. The van der Waals surface area contributed by atoms with Crippen LogP contribution >= 0.6 is 22.9 Å². The highest BCUT2D eigenvalue weighted by molar-refractivity contribution is 7.12. The molecule has 0 fully saturated rings. The molecule has 0 aliphatic rings. The molecule has 2 aromatic carbocycles. The number of amides is 1. The summed E-state index contributed by atoms with van der Waals surface area (Å²) in [6.45, 7) is 4.76. The Morgan fingerprint density at radius 2 is 1.92 bits per heavy atom. The fraction of sp³-hybridized carbons (Fsp3) is 0.190. The summed E-state index contributed by atoms with van der Waals surface area (Å²) in [5.74, 6) is 1.18. The van der Waals surface area contributed by atoms with Gasteiger partial charge in [-0.2, -0.15) is 0 Å². The van der Waals surface area contributed by atoms with Crippen LogP contribution in [0.15, 0.2) is 60.0 Å². The first kappa shape index (κ1) is 18.5. The van der Waals surface area contributed by atoms with E-state index in [0.717, 1.165) is 11.3 Å². The molecule has 3 aromatic rings. The smallest absolute Gasteiger partial charge is 0.265 e. The molecule has 1 aromatic heterocycles. The first-order valence-corrected chi connectivity index (χ1v) is 9.64. The van der Waals surface area contributed by atoms with Crippen LogP contribution in [0, 0.1) is 0 Å². The number of rotatable bonds is 6. The molecule has 0 unspecified atom stereocenters. The summed E-state index contributed by atoms with van der Waals surface area (Å²) in [6, 6.07) is 17.1. The number of hydrogen-bond acceptors (Lipinski definition) is 3. The molecular weight excluding hydrogens is 366 g/mol. The summed E-state index contributed by atoms with van der Waals surface area (Å²) in [5.41, 5.74) is 2.94. The van der Waals surface area contributed by atoms with E-state index >= 15 is 0 Å². The fourth-order valence-corrected chi connectivity index (χ4v) is 3.43. The van der Waals surface area contributed by atoms with Crippen molar-refractivity contribution < 1.29 is 9.53 Å². The highest BCUT2D eigenvalue weighted by Crippen LogP contribution is 2.22. The first-order chi connectivity index (χ1) is 12.5. The first-order valence-electron chi connectivity index (χ1n) is 8.38. The van der Waals surface area contributed by atoms with Crippen molar-refractivity contribution in [1.29, 1.82) is 0 Å². The number of carbonyl (C=O) groups is 1. The van der Waals surface area contributed by atoms with Crippen LogP contribution in [0.4, 0.5) is 5.69 Å². The molecule has 3 nitrogen and oxygen atoms in total. The van der Waals surface area contributed by atoms with Gasteiger partial charge in [-0.15, -0.1) is 11.3 Å². The zero-order valence-electron chi connectivity index (χ0n) is 14.7. The number of anilines is 1. The van der Waals surface area contributed by atoms with Gasteiger partial charge in [-0.25, -0.2) is 0 Å². The van der Waals surface area contributed by atoms with Gasteiger partial charge in [0, 0.05) is 16.3 Å². The van der Waals surface area contributed by atoms with E-state index in [1.165, 1.54) is 16.9 Å². The maximum absolute atomic E-state index is 12.3. The molecule has 5 heteroatoms. The minimum atomic E-state index is -0.148. The average Bonchev–Trinajstić information content (AvgIpc) is 3.09. The third-order valence-electron chi connectivity index (χ3n) is 3.91. The van der Waals surface area contributed by atoms with Crippen molar-refractivity contribution in [2.24, 2.45) is 0 Å². The van der Waals surface area contributed by atoms with Crippen LogP contribution in [0.1, 0.15) is 40.6 Å². The molecule has 1 N–H and O–H groups in total. The molecule has 0 aliphatic heterocycles. The lowest BCUT2D eigenvalue weighted by Gasteiger charge is -2.08. The van der Waals surface area contributed by atoms with Crippen LogP contribution < -0.4 is 10.1 Å². The third kappa shape index (κ3) is 4.87. The van der Waals surface area contributed by atoms with Crippen LogP contribution in [0.5, 0.6) is 5.75 Å². The number of thiophene rings is 1. The van der Waals surface area contributed by atoms with E-state index in [1.54, 1.807) is 18.2 Å². The van der Waals surface area contributed by atoms with Crippen molar-refractivity contribution >= 4 is 34.5 Å². The second-order valence-electron chi connectivity index (χ2n) is 6.30. The second-order valence-corrected chi connectivity index (χ2v) is 7.64. The zero-order valence-corrected chi connectivity index (χ0v) is 16.2. The van der Waals surface area contributed by atoms with Crippen LogP contribution in [-0.2, 0) is 6.61 Å². The lowest BCUT2D eigenvalue weighted by molar-refractivity contribution is 0.103. The number of ether oxygens (including phenoxy) is 1. The van der Waals surface area contributed by atoms with Crippen molar-refractivity contribution in [3.05, 3.63) is 81.0 Å². The molecule has 26 heavy (non-hydrogen) atoms. The second kappa shape index (κ2) is 8.39. The summed E-state index contributed by atoms with van der Waals surface area (Å²) >= 11 is 7.34. The predicted molar refractivity (Wildman–Crippen MR) is 109 cm³/mol. The van der Waals surface area contributed by atoms with Crippen molar-refractivity contribution in [3.8, 4) is 5.75 Å². The molecule has 0 atom stereocenters. The molecule has 1 amide bonds. The molecule has 1 heterocycles. The van der Waals surface area contributed by atoms with E-state index in [2.05, 4.69) is 31.3 Å². The molecule has 0 radical (unpaired) electrons. The summed E-state index contributed by atoms with van der Waals surface area (Å²) in [7, 11) is 0. The van der Waals surface area contributed by atoms with E-state index in [0.29, 0.717) is 28.1 Å². The highest BCUT2D eigenvalue weighted by Gasteiger charge is 2.10. The Kier molecular flexibility index (Phi) is 5.96. The molecule has 0 bridgehead atoms. The van der Waals surface area contributed by atoms with E-state index in [9.17, 15) is 4.79 Å². The summed E-state index contributed by atoms with van der Waals surface area (Å²) in [4.78, 5) is 13.0. The molecule has 0 spiro atoms. The van der Waals surface area contributed by atoms with E-state index in [1.807, 2.05) is 29.6 Å². The van der Waals surface area contributed by atoms with Crippen molar-refractivity contribution in [2.75, 3.05) is 5.32 Å². The average molecular weight is 386 g/mol. The number of carbonyl (C=O) groups excluding carboxylic acids is 1. The standard InChI is InChI=1S/C21H20ClNO2S/c1-14(2)16-6-8-19(9-7-16)25-12-15-10-20(26-13-15)21(24)23-18-5-3-4-17(22)11-18/h3-11,13-14H,12H2,1-2H3,(H,23,24). The van der Waals surface area contributed by atoms with Gasteiger partial charge in [-0.1, -0.05) is 43.6 Å². The summed E-state index contributed by atoms with van der Waals surface area (Å²) in [6.07, 6.45) is 0. The molecule has 0 saturated heterocycles. The minimum absolute atomic E-state index is 0.148. The SMILES string of the molecule is CC(C)c1ccc(OCc2csc(C(=O)Nc3cccc(Cl)c3)c2)cc1. The normalized spacial score (nSPS) is 10.8. The number of hydrogen-bond donors (Lipinski definition) is 1. The molecule has 0 aliphatic carbocycles. The number of benzene rings is 2. The Hall–Kier alpha value is -2.30. The van der Waals surface area contributed by atoms with E-state index < -0.39 is 0 Å². The summed E-state index contributed by atoms with van der Waals surface area (Å²) < 4.78 is 5.81. The Morgan fingerprint density at radius 3 is 2.62 bits per heavy atom. The molecule has 0 saturated carbocycles. The zero-order chi connectivity index (χ0) is 18.5. The summed E-state index contributed by atoms with van der Waals surface area (Å²) in [5, 5.41) is 5.38. The minimum Gasteiger partial charge on any atom is -0.489 e. The van der Waals surface area contributed by atoms with Gasteiger partial charge in [-0.3, -0.25) is 4.79 Å². The Labute approximate surface area is 162 Å². The maximum atomic E-state index is 12.3. The van der Waals surface area contributed by atoms with Gasteiger partial charge in [-0.05, 0) is 53.3 Å². The fourth-order valence-electron chi connectivity index (χ4n) is 2.44. The number of halogens is 1. The monoisotopic (exact) mass is 385 g/mol. The molecular formula is C21H20ClNO2S. The maximum Gasteiger partial charge on any atom is 0.265 e. The number of nitrogens with one attached hydrogen (secondary N) is 1. The largest absolute Gasteiger partial charge is 0.489 e. The van der Waals surface area contributed by atoms with Crippen molar-refractivity contribution in [3.63, 3.8) is 0 Å². The predicted octanol–water partition coefficient (Wildman–Crippen LogP) is 6.36. The Morgan fingerprint density at radius 1 is 1.15 bits per heavy atom. The van der Waals surface area contributed by atoms with Crippen molar-refractivity contribution in [1.82, 2.24) is 0 Å². The van der Waals surface area contributed by atoms with Gasteiger partial charge in [0.15, 0.2) is 0 Å².